The standard InChI is InChI=1S/C15H13N3O3/c1-3-9-4-5-10-12(8-9)17(2)15(21)18(10)11-6-7-13(19)16-14(11)20/h1,4-5,8,11H,6-7H2,2H3,(H,16,19,20). The second kappa shape index (κ2) is 4.63. The lowest BCUT2D eigenvalue weighted by atomic mass is 10.1. The highest BCUT2D eigenvalue weighted by atomic mass is 16.2. The molecule has 0 bridgehead atoms. The van der Waals surface area contributed by atoms with Crippen LogP contribution in [0.4, 0.5) is 0 Å². The molecule has 1 unspecified atom stereocenters. The predicted octanol–water partition coefficient (Wildman–Crippen LogP) is 0.299. The van der Waals surface area contributed by atoms with E-state index in [9.17, 15) is 14.4 Å². The van der Waals surface area contributed by atoms with Crippen molar-refractivity contribution >= 4 is 22.8 Å². The van der Waals surface area contributed by atoms with Gasteiger partial charge in [0.15, 0.2) is 0 Å². The molecule has 0 radical (unpaired) electrons. The predicted molar refractivity (Wildman–Crippen MR) is 76.5 cm³/mol. The summed E-state index contributed by atoms with van der Waals surface area (Å²) in [5, 5.41) is 2.27. The average molecular weight is 283 g/mol. The smallest absolute Gasteiger partial charge is 0.295 e. The van der Waals surface area contributed by atoms with E-state index < -0.39 is 11.9 Å². The van der Waals surface area contributed by atoms with Crippen molar-refractivity contribution in [3.63, 3.8) is 0 Å². The number of terminal acetylenes is 1. The maximum absolute atomic E-state index is 12.4. The minimum absolute atomic E-state index is 0.224. The molecule has 1 aliphatic heterocycles. The maximum Gasteiger partial charge on any atom is 0.329 e. The van der Waals surface area contributed by atoms with E-state index in [1.165, 1.54) is 9.13 Å². The molecule has 6 heteroatoms. The molecule has 0 aliphatic carbocycles. The number of nitrogens with one attached hydrogen (secondary N) is 1. The van der Waals surface area contributed by atoms with Gasteiger partial charge >= 0.3 is 5.69 Å². The van der Waals surface area contributed by atoms with Gasteiger partial charge in [0.2, 0.25) is 11.8 Å². The molecule has 6 nitrogen and oxygen atoms in total. The fraction of sp³-hybridized carbons (Fsp3) is 0.267. The Morgan fingerprint density at radius 1 is 1.29 bits per heavy atom. The van der Waals surface area contributed by atoms with Gasteiger partial charge in [0, 0.05) is 19.0 Å². The van der Waals surface area contributed by atoms with Crippen LogP contribution in [0.5, 0.6) is 0 Å². The molecule has 1 aromatic carbocycles. The van der Waals surface area contributed by atoms with Gasteiger partial charge in [-0.15, -0.1) is 6.42 Å². The van der Waals surface area contributed by atoms with Gasteiger partial charge in [-0.3, -0.25) is 24.0 Å². The van der Waals surface area contributed by atoms with E-state index in [0.717, 1.165) is 0 Å². The molecule has 2 aromatic rings. The second-order valence-electron chi connectivity index (χ2n) is 5.03. The third kappa shape index (κ3) is 1.94. The third-order valence-electron chi connectivity index (χ3n) is 3.78. The van der Waals surface area contributed by atoms with E-state index in [4.69, 9.17) is 6.42 Å². The number of fused-ring (bicyclic) bond motifs is 1. The Morgan fingerprint density at radius 3 is 2.71 bits per heavy atom. The van der Waals surface area contributed by atoms with Gasteiger partial charge in [-0.25, -0.2) is 4.79 Å². The molecule has 0 saturated carbocycles. The van der Waals surface area contributed by atoms with Gasteiger partial charge in [-0.1, -0.05) is 5.92 Å². The first-order valence-corrected chi connectivity index (χ1v) is 6.54. The fourth-order valence-electron chi connectivity index (χ4n) is 2.68. The maximum atomic E-state index is 12.4. The van der Waals surface area contributed by atoms with Crippen LogP contribution in [0.2, 0.25) is 0 Å². The van der Waals surface area contributed by atoms with Gasteiger partial charge < -0.3 is 0 Å². The van der Waals surface area contributed by atoms with Crippen molar-refractivity contribution in [2.45, 2.75) is 18.9 Å². The lowest BCUT2D eigenvalue weighted by Gasteiger charge is -2.21. The monoisotopic (exact) mass is 283 g/mol. The number of imidazole rings is 1. The number of imide groups is 1. The van der Waals surface area contributed by atoms with Crippen LogP contribution in [-0.4, -0.2) is 20.9 Å². The summed E-state index contributed by atoms with van der Waals surface area (Å²) in [6.07, 6.45) is 5.91. The van der Waals surface area contributed by atoms with E-state index in [1.54, 1.807) is 25.2 Å². The van der Waals surface area contributed by atoms with E-state index in [2.05, 4.69) is 11.2 Å². The third-order valence-corrected chi connectivity index (χ3v) is 3.78. The van der Waals surface area contributed by atoms with Gasteiger partial charge in [-0.2, -0.15) is 0 Å². The normalized spacial score (nSPS) is 18.6. The zero-order chi connectivity index (χ0) is 15.1. The highest BCUT2D eigenvalue weighted by molar-refractivity contribution is 6.00. The number of hydrogen-bond acceptors (Lipinski definition) is 3. The number of hydrogen-bond donors (Lipinski definition) is 1. The minimum Gasteiger partial charge on any atom is -0.295 e. The number of aromatic nitrogens is 2. The number of carbonyl (C=O) groups is 2. The van der Waals surface area contributed by atoms with Gasteiger partial charge in [0.25, 0.3) is 0 Å². The molecule has 2 amide bonds. The lowest BCUT2D eigenvalue weighted by molar-refractivity contribution is -0.135. The molecule has 1 aliphatic rings. The molecule has 1 atom stereocenters. The molecule has 3 rings (SSSR count). The zero-order valence-corrected chi connectivity index (χ0v) is 11.4. The first-order valence-electron chi connectivity index (χ1n) is 6.54. The molecule has 1 N–H and O–H groups in total. The first-order chi connectivity index (χ1) is 10.0. The fourth-order valence-corrected chi connectivity index (χ4v) is 2.68. The molecule has 1 fully saturated rings. The van der Waals surface area contributed by atoms with Crippen LogP contribution in [0.25, 0.3) is 11.0 Å². The van der Waals surface area contributed by atoms with Crippen LogP contribution < -0.4 is 11.0 Å². The van der Waals surface area contributed by atoms with Crippen molar-refractivity contribution in [1.29, 1.82) is 0 Å². The Hall–Kier alpha value is -2.81. The Kier molecular flexibility index (Phi) is 2.91. The summed E-state index contributed by atoms with van der Waals surface area (Å²) < 4.78 is 2.89. The summed E-state index contributed by atoms with van der Waals surface area (Å²) in [5.41, 5.74) is 1.67. The minimum atomic E-state index is -0.671. The van der Waals surface area contributed by atoms with E-state index >= 15 is 0 Å². The number of rotatable bonds is 1. The Balaban J connectivity index is 2.22. The molecule has 21 heavy (non-hydrogen) atoms. The van der Waals surface area contributed by atoms with Crippen molar-refractivity contribution in [3.05, 3.63) is 34.2 Å². The number of amides is 2. The molecular weight excluding hydrogens is 270 g/mol. The van der Waals surface area contributed by atoms with Crippen LogP contribution in [-0.2, 0) is 16.6 Å². The Labute approximate surface area is 120 Å². The lowest BCUT2D eigenvalue weighted by Crippen LogP contribution is -2.44. The van der Waals surface area contributed by atoms with Crippen LogP contribution in [0.1, 0.15) is 24.4 Å². The second-order valence-corrected chi connectivity index (χ2v) is 5.03. The topological polar surface area (TPSA) is 73.1 Å². The quantitative estimate of drug-likeness (QED) is 0.604. The van der Waals surface area contributed by atoms with Crippen molar-refractivity contribution in [2.75, 3.05) is 0 Å². The van der Waals surface area contributed by atoms with Gasteiger partial charge in [0.1, 0.15) is 6.04 Å². The number of benzene rings is 1. The number of nitrogens with zero attached hydrogens (tertiary/aromatic N) is 2. The summed E-state index contributed by atoms with van der Waals surface area (Å²) >= 11 is 0. The average Bonchev–Trinajstić information content (AvgIpc) is 2.71. The van der Waals surface area contributed by atoms with Crippen LogP contribution in [0.3, 0.4) is 0 Å². The molecule has 1 saturated heterocycles. The molecule has 1 aromatic heterocycles. The summed E-state index contributed by atoms with van der Waals surface area (Å²) in [6.45, 7) is 0. The summed E-state index contributed by atoms with van der Waals surface area (Å²) in [4.78, 5) is 35.7. The van der Waals surface area contributed by atoms with Gasteiger partial charge in [-0.05, 0) is 24.6 Å². The number of carbonyl (C=O) groups excluding carboxylic acids is 2. The molecular formula is C15H13N3O3. The highest BCUT2D eigenvalue weighted by Crippen LogP contribution is 2.23. The van der Waals surface area contributed by atoms with Crippen molar-refractivity contribution in [2.24, 2.45) is 7.05 Å². The first kappa shape index (κ1) is 13.2. The van der Waals surface area contributed by atoms with E-state index in [0.29, 0.717) is 23.0 Å². The Bertz CT molecular complexity index is 867. The molecule has 0 spiro atoms. The number of aryl methyl sites for hydroxylation is 1. The summed E-state index contributed by atoms with van der Waals surface area (Å²) in [6, 6.07) is 4.52. The van der Waals surface area contributed by atoms with Crippen molar-refractivity contribution < 1.29 is 9.59 Å². The molecule has 2 heterocycles. The van der Waals surface area contributed by atoms with Crippen LogP contribution >= 0.6 is 0 Å². The largest absolute Gasteiger partial charge is 0.329 e. The highest BCUT2D eigenvalue weighted by Gasteiger charge is 2.31. The van der Waals surface area contributed by atoms with E-state index in [1.807, 2.05) is 0 Å². The SMILES string of the molecule is C#Cc1ccc2c(c1)n(C)c(=O)n2C1CCC(=O)NC1=O. The number of piperidine rings is 1. The summed E-state index contributed by atoms with van der Waals surface area (Å²) in [7, 11) is 1.63. The van der Waals surface area contributed by atoms with Crippen LogP contribution in [0.15, 0.2) is 23.0 Å². The summed E-state index contributed by atoms with van der Waals surface area (Å²) in [5.74, 6) is 1.77. The van der Waals surface area contributed by atoms with Crippen LogP contribution in [0, 0.1) is 12.3 Å². The van der Waals surface area contributed by atoms with Crippen molar-refractivity contribution in [1.82, 2.24) is 14.5 Å². The Morgan fingerprint density at radius 2 is 2.05 bits per heavy atom. The van der Waals surface area contributed by atoms with Gasteiger partial charge in [0.05, 0.1) is 11.0 Å². The molecule has 106 valence electrons. The van der Waals surface area contributed by atoms with E-state index in [-0.39, 0.29) is 18.0 Å². The van der Waals surface area contributed by atoms with Crippen molar-refractivity contribution in [3.8, 4) is 12.3 Å². The zero-order valence-electron chi connectivity index (χ0n) is 11.4.